The van der Waals surface area contributed by atoms with Gasteiger partial charge in [-0.15, -0.1) is 0 Å². The minimum Gasteiger partial charge on any atom is -0.392 e. The Bertz CT molecular complexity index is 531. The van der Waals surface area contributed by atoms with E-state index in [1.807, 2.05) is 4.90 Å². The highest BCUT2D eigenvalue weighted by Crippen LogP contribution is 2.28. The molecule has 9 heteroatoms. The summed E-state index contributed by atoms with van der Waals surface area (Å²) in [5, 5.41) is 13.2. The molecule has 0 fully saturated rings. The van der Waals surface area contributed by atoms with E-state index in [-0.39, 0.29) is 12.3 Å². The zero-order valence-electron chi connectivity index (χ0n) is 13.5. The Balaban J connectivity index is 2.52. The normalized spacial score (nSPS) is 15.0. The van der Waals surface area contributed by atoms with Gasteiger partial charge in [0.1, 0.15) is 0 Å². The van der Waals surface area contributed by atoms with Crippen LogP contribution < -0.4 is 5.73 Å². The quantitative estimate of drug-likeness (QED) is 0.745. The predicted molar refractivity (Wildman–Crippen MR) is 78.1 cm³/mol. The van der Waals surface area contributed by atoms with Crippen molar-refractivity contribution in [2.75, 3.05) is 13.6 Å². The van der Waals surface area contributed by atoms with Gasteiger partial charge in [0, 0.05) is 13.6 Å². The van der Waals surface area contributed by atoms with Crippen LogP contribution >= 0.6 is 0 Å². The molecule has 132 valence electrons. The van der Waals surface area contributed by atoms with Gasteiger partial charge in [0.15, 0.2) is 5.69 Å². The van der Waals surface area contributed by atoms with Crippen LogP contribution in [0.3, 0.4) is 0 Å². The molecule has 0 aromatic carbocycles. The SMILES string of the molecule is C[C@H](CCN(C)Cc1cc(C(F)(F)F)nn1C)[C@@H](O)CC(N)=O. The number of nitrogens with two attached hydrogens (primary N) is 1. The number of hydrogen-bond donors (Lipinski definition) is 2. The Labute approximate surface area is 133 Å². The molecule has 0 unspecified atom stereocenters. The fourth-order valence-electron chi connectivity index (χ4n) is 2.17. The monoisotopic (exact) mass is 336 g/mol. The molecule has 3 N–H and O–H groups in total. The summed E-state index contributed by atoms with van der Waals surface area (Å²) in [6.45, 7) is 2.66. The third kappa shape index (κ3) is 6.19. The summed E-state index contributed by atoms with van der Waals surface area (Å²) in [7, 11) is 3.24. The zero-order valence-corrected chi connectivity index (χ0v) is 13.5. The number of carbonyl (C=O) groups is 1. The lowest BCUT2D eigenvalue weighted by atomic mass is 9.98. The minimum absolute atomic E-state index is 0.0957. The molecule has 0 aliphatic carbocycles. The van der Waals surface area contributed by atoms with Crippen LogP contribution in [0.15, 0.2) is 6.07 Å². The number of nitrogens with zero attached hydrogens (tertiary/aromatic N) is 3. The molecule has 2 atom stereocenters. The standard InChI is InChI=1S/C14H23F3N4O2/c1-9(11(22)7-13(18)23)4-5-20(2)8-10-6-12(14(15,16)17)19-21(10)3/h6,9,11,22H,4-5,7-8H2,1-3H3,(H2,18,23)/t9-,11+/m1/s1. The molecule has 1 aromatic rings. The van der Waals surface area contributed by atoms with E-state index in [0.717, 1.165) is 6.07 Å². The number of amides is 1. The maximum Gasteiger partial charge on any atom is 0.435 e. The van der Waals surface area contributed by atoms with E-state index < -0.39 is 23.9 Å². The fourth-order valence-corrected chi connectivity index (χ4v) is 2.17. The number of primary amides is 1. The molecule has 0 saturated heterocycles. The van der Waals surface area contributed by atoms with E-state index in [0.29, 0.717) is 25.2 Å². The van der Waals surface area contributed by atoms with Crippen molar-refractivity contribution in [3.63, 3.8) is 0 Å². The lowest BCUT2D eigenvalue weighted by Crippen LogP contribution is -2.29. The second-order valence-corrected chi connectivity index (χ2v) is 5.88. The third-order valence-electron chi connectivity index (χ3n) is 3.73. The number of alkyl halides is 3. The first-order valence-corrected chi connectivity index (χ1v) is 7.25. The Morgan fingerprint density at radius 1 is 1.52 bits per heavy atom. The predicted octanol–water partition coefficient (Wildman–Crippen LogP) is 1.13. The maximum absolute atomic E-state index is 12.6. The topological polar surface area (TPSA) is 84.4 Å². The highest BCUT2D eigenvalue weighted by atomic mass is 19.4. The van der Waals surface area contributed by atoms with Crippen LogP contribution in [0.25, 0.3) is 0 Å². The Morgan fingerprint density at radius 3 is 2.61 bits per heavy atom. The number of aryl methyl sites for hydroxylation is 1. The van der Waals surface area contributed by atoms with Crippen LogP contribution in [0, 0.1) is 5.92 Å². The van der Waals surface area contributed by atoms with Crippen LogP contribution in [0.4, 0.5) is 13.2 Å². The van der Waals surface area contributed by atoms with Crippen LogP contribution in [-0.4, -0.2) is 45.4 Å². The summed E-state index contributed by atoms with van der Waals surface area (Å²) in [5.41, 5.74) is 4.57. The van der Waals surface area contributed by atoms with Crippen LogP contribution in [-0.2, 0) is 24.6 Å². The number of aromatic nitrogens is 2. The van der Waals surface area contributed by atoms with Gasteiger partial charge in [-0.2, -0.15) is 18.3 Å². The smallest absolute Gasteiger partial charge is 0.392 e. The third-order valence-corrected chi connectivity index (χ3v) is 3.73. The molecule has 1 aromatic heterocycles. The van der Waals surface area contributed by atoms with Gasteiger partial charge >= 0.3 is 6.18 Å². The van der Waals surface area contributed by atoms with E-state index in [1.165, 1.54) is 11.7 Å². The van der Waals surface area contributed by atoms with Crippen molar-refractivity contribution in [2.45, 2.75) is 38.6 Å². The summed E-state index contributed by atoms with van der Waals surface area (Å²) in [5.74, 6) is -0.700. The number of halogens is 3. The summed E-state index contributed by atoms with van der Waals surface area (Å²) in [6.07, 6.45) is -4.77. The molecule has 0 spiro atoms. The maximum atomic E-state index is 12.6. The number of aliphatic hydroxyl groups excluding tert-OH is 1. The Kier molecular flexibility index (Phi) is 6.57. The lowest BCUT2D eigenvalue weighted by molar-refractivity contribution is -0.141. The van der Waals surface area contributed by atoms with Gasteiger partial charge in [0.2, 0.25) is 5.91 Å². The van der Waals surface area contributed by atoms with Gasteiger partial charge in [-0.1, -0.05) is 6.92 Å². The summed E-state index contributed by atoms with van der Waals surface area (Å²) < 4.78 is 39.0. The molecular formula is C14H23F3N4O2. The van der Waals surface area contributed by atoms with Gasteiger partial charge in [0.25, 0.3) is 0 Å². The second kappa shape index (κ2) is 7.78. The summed E-state index contributed by atoms with van der Waals surface area (Å²) >= 11 is 0. The van der Waals surface area contributed by atoms with Crippen molar-refractivity contribution in [2.24, 2.45) is 18.7 Å². The van der Waals surface area contributed by atoms with Crippen LogP contribution in [0.2, 0.25) is 0 Å². The number of carbonyl (C=O) groups excluding carboxylic acids is 1. The van der Waals surface area contributed by atoms with Crippen molar-refractivity contribution >= 4 is 5.91 Å². The summed E-state index contributed by atoms with van der Waals surface area (Å²) in [4.78, 5) is 12.6. The van der Waals surface area contributed by atoms with Gasteiger partial charge in [-0.3, -0.25) is 9.48 Å². The highest BCUT2D eigenvalue weighted by molar-refractivity contribution is 5.74. The first-order chi connectivity index (χ1) is 10.5. The van der Waals surface area contributed by atoms with E-state index in [1.54, 1.807) is 14.0 Å². The van der Waals surface area contributed by atoms with Crippen molar-refractivity contribution in [3.8, 4) is 0 Å². The van der Waals surface area contributed by atoms with Gasteiger partial charge in [-0.05, 0) is 32.0 Å². The van der Waals surface area contributed by atoms with Crippen molar-refractivity contribution in [1.82, 2.24) is 14.7 Å². The first kappa shape index (κ1) is 19.4. The fraction of sp³-hybridized carbons (Fsp3) is 0.714. The van der Waals surface area contributed by atoms with Gasteiger partial charge in [-0.25, -0.2) is 0 Å². The Morgan fingerprint density at radius 2 is 2.13 bits per heavy atom. The number of hydrogen-bond acceptors (Lipinski definition) is 4. The van der Waals surface area contributed by atoms with E-state index in [4.69, 9.17) is 5.73 Å². The lowest BCUT2D eigenvalue weighted by Gasteiger charge is -2.22. The molecule has 0 bridgehead atoms. The molecule has 1 rings (SSSR count). The largest absolute Gasteiger partial charge is 0.435 e. The van der Waals surface area contributed by atoms with Crippen molar-refractivity contribution in [1.29, 1.82) is 0 Å². The molecule has 1 heterocycles. The van der Waals surface area contributed by atoms with Crippen LogP contribution in [0.5, 0.6) is 0 Å². The van der Waals surface area contributed by atoms with Crippen molar-refractivity contribution < 1.29 is 23.1 Å². The molecule has 1 amide bonds. The molecule has 6 nitrogen and oxygen atoms in total. The molecular weight excluding hydrogens is 313 g/mol. The number of aliphatic hydroxyl groups is 1. The second-order valence-electron chi connectivity index (χ2n) is 5.88. The first-order valence-electron chi connectivity index (χ1n) is 7.25. The number of rotatable bonds is 8. The average molecular weight is 336 g/mol. The van der Waals surface area contributed by atoms with Gasteiger partial charge in [0.05, 0.1) is 18.2 Å². The molecule has 0 saturated carbocycles. The zero-order chi connectivity index (χ0) is 17.8. The average Bonchev–Trinajstić information content (AvgIpc) is 2.76. The molecule has 23 heavy (non-hydrogen) atoms. The van der Waals surface area contributed by atoms with Crippen LogP contribution in [0.1, 0.15) is 31.2 Å². The van der Waals surface area contributed by atoms with E-state index in [9.17, 15) is 23.1 Å². The molecule has 0 aliphatic heterocycles. The molecule has 0 aliphatic rings. The minimum atomic E-state index is -4.46. The van der Waals surface area contributed by atoms with E-state index >= 15 is 0 Å². The Hall–Kier alpha value is -1.61. The van der Waals surface area contributed by atoms with Crippen molar-refractivity contribution in [3.05, 3.63) is 17.5 Å². The van der Waals surface area contributed by atoms with E-state index in [2.05, 4.69) is 5.10 Å². The van der Waals surface area contributed by atoms with Gasteiger partial charge < -0.3 is 15.7 Å². The molecule has 0 radical (unpaired) electrons. The summed E-state index contributed by atoms with van der Waals surface area (Å²) in [6, 6.07) is 1.03. The highest BCUT2D eigenvalue weighted by Gasteiger charge is 2.34.